The van der Waals surface area contributed by atoms with Gasteiger partial charge in [-0.3, -0.25) is 0 Å². The molecule has 1 heterocycles. The Kier molecular flexibility index (Phi) is 2.52. The van der Waals surface area contributed by atoms with Crippen molar-refractivity contribution in [3.8, 4) is 11.1 Å². The number of nitrogens with two attached hydrogens (primary N) is 1. The maximum atomic E-state index is 13.4. The van der Waals surface area contributed by atoms with E-state index in [0.717, 1.165) is 18.3 Å². The van der Waals surface area contributed by atoms with Gasteiger partial charge in [0.15, 0.2) is 11.6 Å². The van der Waals surface area contributed by atoms with Crippen LogP contribution < -0.4 is 5.73 Å². The number of halogens is 3. The maximum Gasteiger partial charge on any atom is 0.166 e. The van der Waals surface area contributed by atoms with Crippen molar-refractivity contribution in [2.45, 2.75) is 0 Å². The molecule has 0 spiro atoms. The van der Waals surface area contributed by atoms with E-state index in [4.69, 9.17) is 5.73 Å². The van der Waals surface area contributed by atoms with E-state index in [2.05, 4.69) is 4.98 Å². The standard InChI is InChI=1S/C11H7F3N2/c12-6-4-8(11(15)16-5-6)7-2-1-3-9(13)10(7)14/h1-5H,(H2,15,16). The average Bonchev–Trinajstić information content (AvgIpc) is 2.26. The number of pyridine rings is 1. The first-order chi connectivity index (χ1) is 7.59. The molecule has 0 aliphatic heterocycles. The van der Waals surface area contributed by atoms with E-state index in [9.17, 15) is 13.2 Å². The lowest BCUT2D eigenvalue weighted by molar-refractivity contribution is 0.511. The van der Waals surface area contributed by atoms with Crippen LogP contribution in [0.25, 0.3) is 11.1 Å². The molecule has 0 radical (unpaired) electrons. The Morgan fingerprint density at radius 3 is 2.56 bits per heavy atom. The minimum Gasteiger partial charge on any atom is -0.383 e. The summed E-state index contributed by atoms with van der Waals surface area (Å²) in [6.07, 6.45) is 0.913. The summed E-state index contributed by atoms with van der Waals surface area (Å²) in [4.78, 5) is 3.54. The minimum atomic E-state index is -1.07. The molecule has 0 saturated heterocycles. The van der Waals surface area contributed by atoms with Crippen molar-refractivity contribution in [2.75, 3.05) is 5.73 Å². The van der Waals surface area contributed by atoms with E-state index in [1.54, 1.807) is 0 Å². The zero-order valence-corrected chi connectivity index (χ0v) is 8.05. The number of nitrogens with zero attached hydrogens (tertiary/aromatic N) is 1. The van der Waals surface area contributed by atoms with E-state index in [1.807, 2.05) is 0 Å². The summed E-state index contributed by atoms with van der Waals surface area (Å²) in [5.74, 6) is -2.79. The Labute approximate surface area is 89.5 Å². The Hall–Kier alpha value is -2.04. The first-order valence-corrected chi connectivity index (χ1v) is 4.45. The number of anilines is 1. The molecule has 0 fully saturated rings. The molecule has 0 unspecified atom stereocenters. The molecule has 2 N–H and O–H groups in total. The zero-order valence-electron chi connectivity index (χ0n) is 8.05. The highest BCUT2D eigenvalue weighted by Gasteiger charge is 2.13. The summed E-state index contributed by atoms with van der Waals surface area (Å²) in [5, 5.41) is 0. The molecule has 2 nitrogen and oxygen atoms in total. The molecule has 2 aromatic rings. The van der Waals surface area contributed by atoms with Crippen LogP contribution in [-0.4, -0.2) is 4.98 Å². The monoisotopic (exact) mass is 224 g/mol. The largest absolute Gasteiger partial charge is 0.383 e. The molecule has 0 atom stereocenters. The Bertz CT molecular complexity index is 541. The molecular formula is C11H7F3N2. The third kappa shape index (κ3) is 1.71. The molecule has 82 valence electrons. The van der Waals surface area contributed by atoms with Crippen LogP contribution in [0, 0.1) is 17.5 Å². The van der Waals surface area contributed by atoms with Gasteiger partial charge in [-0.2, -0.15) is 0 Å². The van der Waals surface area contributed by atoms with Crippen LogP contribution in [0.2, 0.25) is 0 Å². The highest BCUT2D eigenvalue weighted by molar-refractivity contribution is 5.74. The first kappa shape index (κ1) is 10.5. The van der Waals surface area contributed by atoms with E-state index in [0.29, 0.717) is 0 Å². The van der Waals surface area contributed by atoms with Gasteiger partial charge in [0.1, 0.15) is 11.6 Å². The molecule has 0 amide bonds. The lowest BCUT2D eigenvalue weighted by Crippen LogP contribution is -1.97. The summed E-state index contributed by atoms with van der Waals surface area (Å²) in [6.45, 7) is 0. The molecule has 1 aromatic carbocycles. The number of benzene rings is 1. The molecule has 0 saturated carbocycles. The Morgan fingerprint density at radius 1 is 1.06 bits per heavy atom. The van der Waals surface area contributed by atoms with Crippen molar-refractivity contribution in [3.63, 3.8) is 0 Å². The zero-order chi connectivity index (χ0) is 11.7. The second kappa shape index (κ2) is 3.84. The summed E-state index contributed by atoms with van der Waals surface area (Å²) >= 11 is 0. The van der Waals surface area contributed by atoms with Crippen molar-refractivity contribution in [2.24, 2.45) is 0 Å². The number of aromatic nitrogens is 1. The van der Waals surface area contributed by atoms with Crippen LogP contribution in [0.3, 0.4) is 0 Å². The topological polar surface area (TPSA) is 38.9 Å². The Morgan fingerprint density at radius 2 is 1.81 bits per heavy atom. The van der Waals surface area contributed by atoms with Gasteiger partial charge in [-0.1, -0.05) is 12.1 Å². The van der Waals surface area contributed by atoms with Gasteiger partial charge < -0.3 is 5.73 Å². The maximum absolute atomic E-state index is 13.4. The van der Waals surface area contributed by atoms with Gasteiger partial charge in [0.05, 0.1) is 6.20 Å². The predicted octanol–water partition coefficient (Wildman–Crippen LogP) is 2.75. The van der Waals surface area contributed by atoms with Gasteiger partial charge in [0.25, 0.3) is 0 Å². The lowest BCUT2D eigenvalue weighted by atomic mass is 10.1. The fourth-order valence-corrected chi connectivity index (χ4v) is 1.38. The van der Waals surface area contributed by atoms with E-state index < -0.39 is 17.5 Å². The van der Waals surface area contributed by atoms with Gasteiger partial charge in [0.2, 0.25) is 0 Å². The van der Waals surface area contributed by atoms with Crippen molar-refractivity contribution in [1.29, 1.82) is 0 Å². The molecule has 2 rings (SSSR count). The summed E-state index contributed by atoms with van der Waals surface area (Å²) in [7, 11) is 0. The number of hydrogen-bond acceptors (Lipinski definition) is 2. The fourth-order valence-electron chi connectivity index (χ4n) is 1.38. The summed E-state index contributed by atoms with van der Waals surface area (Å²) in [5.41, 5.74) is 5.41. The minimum absolute atomic E-state index is 0.0389. The number of rotatable bonds is 1. The van der Waals surface area contributed by atoms with E-state index >= 15 is 0 Å². The average molecular weight is 224 g/mol. The smallest absolute Gasteiger partial charge is 0.166 e. The molecule has 0 bridgehead atoms. The normalized spacial score (nSPS) is 10.4. The Balaban J connectivity index is 2.67. The molecular weight excluding hydrogens is 217 g/mol. The lowest BCUT2D eigenvalue weighted by Gasteiger charge is -2.06. The van der Waals surface area contributed by atoms with Crippen molar-refractivity contribution >= 4 is 5.82 Å². The van der Waals surface area contributed by atoms with E-state index in [1.165, 1.54) is 12.1 Å². The third-order valence-corrected chi connectivity index (χ3v) is 2.13. The van der Waals surface area contributed by atoms with Crippen LogP contribution in [-0.2, 0) is 0 Å². The number of nitrogen functional groups attached to an aromatic ring is 1. The second-order valence-corrected chi connectivity index (χ2v) is 3.19. The van der Waals surface area contributed by atoms with Crippen LogP contribution in [0.5, 0.6) is 0 Å². The van der Waals surface area contributed by atoms with Crippen LogP contribution >= 0.6 is 0 Å². The van der Waals surface area contributed by atoms with Gasteiger partial charge >= 0.3 is 0 Å². The van der Waals surface area contributed by atoms with Crippen molar-refractivity contribution < 1.29 is 13.2 Å². The SMILES string of the molecule is Nc1ncc(F)cc1-c1cccc(F)c1F. The highest BCUT2D eigenvalue weighted by Crippen LogP contribution is 2.28. The van der Waals surface area contributed by atoms with Gasteiger partial charge in [0, 0.05) is 11.1 Å². The van der Waals surface area contributed by atoms with E-state index in [-0.39, 0.29) is 16.9 Å². The van der Waals surface area contributed by atoms with Crippen molar-refractivity contribution in [3.05, 3.63) is 47.9 Å². The van der Waals surface area contributed by atoms with Gasteiger partial charge in [-0.05, 0) is 12.1 Å². The summed E-state index contributed by atoms with van der Waals surface area (Å²) < 4.78 is 39.3. The molecule has 1 aromatic heterocycles. The third-order valence-electron chi connectivity index (χ3n) is 2.13. The first-order valence-electron chi connectivity index (χ1n) is 4.45. The fraction of sp³-hybridized carbons (Fsp3) is 0. The summed E-state index contributed by atoms with van der Waals surface area (Å²) in [6, 6.07) is 4.62. The molecule has 16 heavy (non-hydrogen) atoms. The molecule has 0 aliphatic rings. The second-order valence-electron chi connectivity index (χ2n) is 3.19. The highest BCUT2D eigenvalue weighted by atomic mass is 19.2. The van der Waals surface area contributed by atoms with Crippen LogP contribution in [0.15, 0.2) is 30.5 Å². The predicted molar refractivity (Wildman–Crippen MR) is 54.0 cm³/mol. The van der Waals surface area contributed by atoms with Crippen molar-refractivity contribution in [1.82, 2.24) is 4.98 Å². The van der Waals surface area contributed by atoms with Crippen LogP contribution in [0.4, 0.5) is 19.0 Å². The molecule has 5 heteroatoms. The molecule has 0 aliphatic carbocycles. The quantitative estimate of drug-likeness (QED) is 0.808. The number of hydrogen-bond donors (Lipinski definition) is 1. The van der Waals surface area contributed by atoms with Crippen LogP contribution in [0.1, 0.15) is 0 Å². The van der Waals surface area contributed by atoms with Gasteiger partial charge in [-0.15, -0.1) is 0 Å². The van der Waals surface area contributed by atoms with Gasteiger partial charge in [-0.25, -0.2) is 18.2 Å².